The van der Waals surface area contributed by atoms with Crippen LogP contribution < -0.4 is 10.9 Å². The maximum Gasteiger partial charge on any atom is 0.261 e. The summed E-state index contributed by atoms with van der Waals surface area (Å²) in [7, 11) is 0. The molecular formula is C21H25N5O2. The predicted octanol–water partition coefficient (Wildman–Crippen LogP) is 3.05. The maximum atomic E-state index is 12.5. The lowest BCUT2D eigenvalue weighted by atomic mass is 10.1. The molecule has 1 fully saturated rings. The van der Waals surface area contributed by atoms with Crippen LogP contribution in [0, 0.1) is 0 Å². The van der Waals surface area contributed by atoms with Crippen molar-refractivity contribution in [1.82, 2.24) is 19.9 Å². The summed E-state index contributed by atoms with van der Waals surface area (Å²) >= 11 is 0. The Labute approximate surface area is 163 Å². The first-order chi connectivity index (χ1) is 13.6. The molecule has 0 radical (unpaired) electrons. The molecule has 4 rings (SSSR count). The number of rotatable bonds is 5. The highest BCUT2D eigenvalue weighted by Crippen LogP contribution is 2.19. The number of likely N-dealkylation sites (tertiary alicyclic amines) is 1. The summed E-state index contributed by atoms with van der Waals surface area (Å²) in [6.45, 7) is 5.02. The Morgan fingerprint density at radius 3 is 2.82 bits per heavy atom. The van der Waals surface area contributed by atoms with E-state index in [4.69, 9.17) is 0 Å². The number of nitrogens with zero attached hydrogens (tertiary/aromatic N) is 2. The van der Waals surface area contributed by atoms with E-state index >= 15 is 0 Å². The molecule has 7 heteroatoms. The van der Waals surface area contributed by atoms with E-state index in [1.54, 1.807) is 12.3 Å². The predicted molar refractivity (Wildman–Crippen MR) is 110 cm³/mol. The van der Waals surface area contributed by atoms with Gasteiger partial charge in [0, 0.05) is 11.9 Å². The van der Waals surface area contributed by atoms with Crippen LogP contribution >= 0.6 is 0 Å². The number of hydrogen-bond donors (Lipinski definition) is 3. The minimum Gasteiger partial charge on any atom is -0.341 e. The highest BCUT2D eigenvalue weighted by Gasteiger charge is 2.14. The molecule has 146 valence electrons. The highest BCUT2D eigenvalue weighted by atomic mass is 16.2. The normalized spacial score (nSPS) is 15.0. The molecule has 0 aliphatic carbocycles. The van der Waals surface area contributed by atoms with Crippen LogP contribution in [-0.2, 0) is 13.0 Å². The second-order valence-corrected chi connectivity index (χ2v) is 7.31. The summed E-state index contributed by atoms with van der Waals surface area (Å²) in [4.78, 5) is 37.6. The zero-order valence-corrected chi connectivity index (χ0v) is 16.0. The van der Waals surface area contributed by atoms with Crippen molar-refractivity contribution in [2.24, 2.45) is 0 Å². The number of pyridine rings is 1. The van der Waals surface area contributed by atoms with Crippen LogP contribution in [-0.4, -0.2) is 38.8 Å². The van der Waals surface area contributed by atoms with Gasteiger partial charge < -0.3 is 15.3 Å². The number of anilines is 1. The Bertz CT molecular complexity index is 1050. The van der Waals surface area contributed by atoms with Crippen molar-refractivity contribution in [3.8, 4) is 0 Å². The number of imidazole rings is 1. The second kappa shape index (κ2) is 7.98. The Morgan fingerprint density at radius 1 is 1.21 bits per heavy atom. The number of piperidine rings is 1. The molecule has 1 saturated heterocycles. The summed E-state index contributed by atoms with van der Waals surface area (Å²) < 4.78 is 0. The zero-order chi connectivity index (χ0) is 19.5. The molecule has 28 heavy (non-hydrogen) atoms. The molecule has 0 atom stereocenters. The standard InChI is InChI=1S/C21H25N5O2/c1-2-14-10-16(20(27)22-12-14)21(28)23-15-6-7-17-18(11-15)25-19(24-17)13-26-8-4-3-5-9-26/h6-7,10-12H,2-5,8-9,13H2,1H3,(H,22,27)(H,23,28)(H,24,25). The summed E-state index contributed by atoms with van der Waals surface area (Å²) in [5.41, 5.74) is 3.02. The number of fused-ring (bicyclic) bond motifs is 1. The van der Waals surface area contributed by atoms with Crippen molar-refractivity contribution >= 4 is 22.6 Å². The first-order valence-electron chi connectivity index (χ1n) is 9.86. The van der Waals surface area contributed by atoms with E-state index in [0.717, 1.165) is 48.5 Å². The number of aromatic nitrogens is 3. The van der Waals surface area contributed by atoms with Gasteiger partial charge >= 0.3 is 0 Å². The number of hydrogen-bond acceptors (Lipinski definition) is 4. The number of benzene rings is 1. The van der Waals surface area contributed by atoms with E-state index in [1.807, 2.05) is 25.1 Å². The maximum absolute atomic E-state index is 12.5. The second-order valence-electron chi connectivity index (χ2n) is 7.31. The van der Waals surface area contributed by atoms with Gasteiger partial charge in [-0.3, -0.25) is 14.5 Å². The number of carbonyl (C=O) groups is 1. The average Bonchev–Trinajstić information content (AvgIpc) is 3.10. The Kier molecular flexibility index (Phi) is 5.25. The third kappa shape index (κ3) is 3.99. The lowest BCUT2D eigenvalue weighted by Crippen LogP contribution is -2.29. The number of amides is 1. The summed E-state index contributed by atoms with van der Waals surface area (Å²) in [6, 6.07) is 7.19. The van der Waals surface area contributed by atoms with Gasteiger partial charge in [0.2, 0.25) is 0 Å². The summed E-state index contributed by atoms with van der Waals surface area (Å²) in [5, 5.41) is 2.82. The van der Waals surface area contributed by atoms with Crippen molar-refractivity contribution in [2.45, 2.75) is 39.2 Å². The molecule has 0 unspecified atom stereocenters. The topological polar surface area (TPSA) is 93.9 Å². The smallest absolute Gasteiger partial charge is 0.261 e. The number of nitrogens with one attached hydrogen (secondary N) is 3. The monoisotopic (exact) mass is 379 g/mol. The third-order valence-corrected chi connectivity index (χ3v) is 5.23. The van der Waals surface area contributed by atoms with Crippen LogP contribution in [0.15, 0.2) is 35.3 Å². The fourth-order valence-corrected chi connectivity index (χ4v) is 3.64. The van der Waals surface area contributed by atoms with E-state index in [9.17, 15) is 9.59 Å². The van der Waals surface area contributed by atoms with Gasteiger partial charge in [-0.1, -0.05) is 13.3 Å². The largest absolute Gasteiger partial charge is 0.341 e. The highest BCUT2D eigenvalue weighted by molar-refractivity contribution is 6.04. The van der Waals surface area contributed by atoms with Crippen LogP contribution in [0.2, 0.25) is 0 Å². The molecule has 7 nitrogen and oxygen atoms in total. The molecule has 2 aromatic heterocycles. The van der Waals surface area contributed by atoms with Gasteiger partial charge in [0.25, 0.3) is 11.5 Å². The molecule has 0 spiro atoms. The quantitative estimate of drug-likeness (QED) is 0.635. The molecule has 0 bridgehead atoms. The number of carbonyl (C=O) groups excluding carboxylic acids is 1. The van der Waals surface area contributed by atoms with Crippen LogP contribution in [0.5, 0.6) is 0 Å². The lowest BCUT2D eigenvalue weighted by molar-refractivity contribution is 0.102. The van der Waals surface area contributed by atoms with Crippen LogP contribution in [0.4, 0.5) is 5.69 Å². The lowest BCUT2D eigenvalue weighted by Gasteiger charge is -2.25. The number of H-pyrrole nitrogens is 2. The molecule has 1 aromatic carbocycles. The average molecular weight is 379 g/mol. The van der Waals surface area contributed by atoms with Crippen molar-refractivity contribution < 1.29 is 4.79 Å². The van der Waals surface area contributed by atoms with Gasteiger partial charge in [-0.05, 0) is 62.2 Å². The zero-order valence-electron chi connectivity index (χ0n) is 16.0. The van der Waals surface area contributed by atoms with E-state index in [-0.39, 0.29) is 11.1 Å². The van der Waals surface area contributed by atoms with Crippen LogP contribution in [0.1, 0.15) is 47.9 Å². The minimum absolute atomic E-state index is 0.120. The van der Waals surface area contributed by atoms with Crippen molar-refractivity contribution in [3.05, 3.63) is 57.8 Å². The van der Waals surface area contributed by atoms with Gasteiger partial charge in [0.1, 0.15) is 11.4 Å². The number of aryl methyl sites for hydroxylation is 1. The fourth-order valence-electron chi connectivity index (χ4n) is 3.64. The van der Waals surface area contributed by atoms with Crippen molar-refractivity contribution in [1.29, 1.82) is 0 Å². The van der Waals surface area contributed by atoms with Crippen molar-refractivity contribution in [3.63, 3.8) is 0 Å². The molecule has 1 aliphatic heterocycles. The Hall–Kier alpha value is -2.93. The van der Waals surface area contributed by atoms with Crippen LogP contribution in [0.25, 0.3) is 11.0 Å². The van der Waals surface area contributed by atoms with Gasteiger partial charge in [-0.2, -0.15) is 0 Å². The van der Waals surface area contributed by atoms with Crippen LogP contribution in [0.3, 0.4) is 0 Å². The summed E-state index contributed by atoms with van der Waals surface area (Å²) in [5.74, 6) is 0.524. The summed E-state index contributed by atoms with van der Waals surface area (Å²) in [6.07, 6.45) is 6.18. The van der Waals surface area contributed by atoms with E-state index in [2.05, 4.69) is 25.2 Å². The molecule has 1 amide bonds. The van der Waals surface area contributed by atoms with E-state index in [0.29, 0.717) is 5.69 Å². The Morgan fingerprint density at radius 2 is 2.04 bits per heavy atom. The Balaban J connectivity index is 1.51. The number of aromatic amines is 2. The van der Waals surface area contributed by atoms with Gasteiger partial charge in [0.15, 0.2) is 0 Å². The van der Waals surface area contributed by atoms with Gasteiger partial charge in [0.05, 0.1) is 17.6 Å². The molecule has 0 saturated carbocycles. The first kappa shape index (κ1) is 18.4. The SMILES string of the molecule is CCc1c[nH]c(=O)c(C(=O)Nc2ccc3nc(CN4CCCCC4)[nH]c3c2)c1. The molecule has 3 N–H and O–H groups in total. The fraction of sp³-hybridized carbons (Fsp3) is 0.381. The minimum atomic E-state index is -0.413. The van der Waals surface area contributed by atoms with E-state index < -0.39 is 5.91 Å². The third-order valence-electron chi connectivity index (χ3n) is 5.23. The molecule has 3 aromatic rings. The molecular weight excluding hydrogens is 354 g/mol. The van der Waals surface area contributed by atoms with Gasteiger partial charge in [-0.15, -0.1) is 0 Å². The molecule has 3 heterocycles. The van der Waals surface area contributed by atoms with Gasteiger partial charge in [-0.25, -0.2) is 4.98 Å². The molecule has 1 aliphatic rings. The van der Waals surface area contributed by atoms with E-state index in [1.165, 1.54) is 19.3 Å². The first-order valence-corrected chi connectivity index (χ1v) is 9.86. The van der Waals surface area contributed by atoms with Crippen molar-refractivity contribution in [2.75, 3.05) is 18.4 Å².